The van der Waals surface area contributed by atoms with E-state index in [-0.39, 0.29) is 5.41 Å². The Hall–Kier alpha value is -2.56. The van der Waals surface area contributed by atoms with Crippen LogP contribution in [0.4, 0.5) is 11.5 Å². The lowest BCUT2D eigenvalue weighted by molar-refractivity contribution is 0.543. The summed E-state index contributed by atoms with van der Waals surface area (Å²) in [6.45, 7) is 6.44. The molecule has 3 N–H and O–H groups in total. The predicted octanol–water partition coefficient (Wildman–Crippen LogP) is 3.32. The Morgan fingerprint density at radius 3 is 2.68 bits per heavy atom. The van der Waals surface area contributed by atoms with Gasteiger partial charge in [-0.3, -0.25) is 4.40 Å². The molecule has 0 amide bonds. The number of hydrogen-bond donors (Lipinski definition) is 2. The highest BCUT2D eigenvalue weighted by atomic mass is 15.1. The summed E-state index contributed by atoms with van der Waals surface area (Å²) in [6.07, 6.45) is 3.64. The van der Waals surface area contributed by atoms with Crippen molar-refractivity contribution >= 4 is 17.0 Å². The largest absolute Gasteiger partial charge is 0.388 e. The van der Waals surface area contributed by atoms with Crippen LogP contribution < -0.4 is 11.1 Å². The minimum atomic E-state index is -0.0877. The first-order valence-corrected chi connectivity index (χ1v) is 7.33. The SMILES string of the molecule is CNc1cccc(-c2nc(C(C)(C)C)n3ccnc(N)c23)c1. The highest BCUT2D eigenvalue weighted by Crippen LogP contribution is 2.33. The fraction of sp³-hybridized carbons (Fsp3) is 0.294. The molecule has 114 valence electrons. The van der Waals surface area contributed by atoms with Gasteiger partial charge < -0.3 is 11.1 Å². The van der Waals surface area contributed by atoms with E-state index in [1.54, 1.807) is 6.20 Å². The molecule has 0 spiro atoms. The van der Waals surface area contributed by atoms with Gasteiger partial charge in [-0.2, -0.15) is 0 Å². The van der Waals surface area contributed by atoms with Gasteiger partial charge in [0.2, 0.25) is 0 Å². The van der Waals surface area contributed by atoms with E-state index in [1.807, 2.05) is 35.8 Å². The van der Waals surface area contributed by atoms with Gasteiger partial charge in [0.1, 0.15) is 22.9 Å². The third-order valence-corrected chi connectivity index (χ3v) is 3.68. The van der Waals surface area contributed by atoms with E-state index in [0.29, 0.717) is 5.82 Å². The van der Waals surface area contributed by atoms with Gasteiger partial charge in [0.15, 0.2) is 0 Å². The molecule has 0 aliphatic rings. The van der Waals surface area contributed by atoms with Crippen LogP contribution in [0.25, 0.3) is 16.8 Å². The van der Waals surface area contributed by atoms with Crippen molar-refractivity contribution in [3.8, 4) is 11.3 Å². The van der Waals surface area contributed by atoms with Gasteiger partial charge in [-0.15, -0.1) is 0 Å². The van der Waals surface area contributed by atoms with Crippen LogP contribution in [0.3, 0.4) is 0 Å². The molecule has 2 heterocycles. The van der Waals surface area contributed by atoms with Crippen molar-refractivity contribution < 1.29 is 0 Å². The van der Waals surface area contributed by atoms with Crippen LogP contribution in [0.15, 0.2) is 36.7 Å². The molecular formula is C17H21N5. The monoisotopic (exact) mass is 295 g/mol. The summed E-state index contributed by atoms with van der Waals surface area (Å²) in [5, 5.41) is 3.16. The van der Waals surface area contributed by atoms with Crippen molar-refractivity contribution in [2.24, 2.45) is 0 Å². The van der Waals surface area contributed by atoms with E-state index in [2.05, 4.69) is 37.1 Å². The second-order valence-electron chi connectivity index (χ2n) is 6.40. The number of anilines is 2. The van der Waals surface area contributed by atoms with Crippen LogP contribution >= 0.6 is 0 Å². The Bertz CT molecular complexity index is 827. The molecule has 0 atom stereocenters. The fourth-order valence-electron chi connectivity index (χ4n) is 2.62. The quantitative estimate of drug-likeness (QED) is 0.761. The number of nitrogens with two attached hydrogens (primary N) is 1. The zero-order valence-electron chi connectivity index (χ0n) is 13.4. The lowest BCUT2D eigenvalue weighted by atomic mass is 9.96. The van der Waals surface area contributed by atoms with Gasteiger partial charge in [-0.25, -0.2) is 9.97 Å². The molecule has 0 fully saturated rings. The van der Waals surface area contributed by atoms with Crippen molar-refractivity contribution in [2.75, 3.05) is 18.1 Å². The zero-order valence-corrected chi connectivity index (χ0v) is 13.4. The third kappa shape index (κ3) is 2.28. The summed E-state index contributed by atoms with van der Waals surface area (Å²) in [4.78, 5) is 9.12. The van der Waals surface area contributed by atoms with Crippen molar-refractivity contribution in [2.45, 2.75) is 26.2 Å². The molecule has 3 aromatic rings. The number of nitrogen functional groups attached to an aromatic ring is 1. The molecule has 3 rings (SSSR count). The molecule has 0 saturated carbocycles. The summed E-state index contributed by atoms with van der Waals surface area (Å²) in [7, 11) is 1.90. The molecule has 22 heavy (non-hydrogen) atoms. The van der Waals surface area contributed by atoms with E-state index in [1.165, 1.54) is 0 Å². The smallest absolute Gasteiger partial charge is 0.150 e. The first-order valence-electron chi connectivity index (χ1n) is 7.33. The summed E-state index contributed by atoms with van der Waals surface area (Å²) < 4.78 is 2.05. The maximum atomic E-state index is 6.13. The maximum Gasteiger partial charge on any atom is 0.150 e. The predicted molar refractivity (Wildman–Crippen MR) is 91.1 cm³/mol. The summed E-state index contributed by atoms with van der Waals surface area (Å²) in [5.74, 6) is 1.47. The van der Waals surface area contributed by atoms with Crippen LogP contribution in [0.2, 0.25) is 0 Å². The van der Waals surface area contributed by atoms with Crippen LogP contribution in [0.5, 0.6) is 0 Å². The average molecular weight is 295 g/mol. The molecule has 0 unspecified atom stereocenters. The van der Waals surface area contributed by atoms with E-state index in [0.717, 1.165) is 28.3 Å². The summed E-state index contributed by atoms with van der Waals surface area (Å²) in [6, 6.07) is 8.15. The fourth-order valence-corrected chi connectivity index (χ4v) is 2.62. The molecular weight excluding hydrogens is 274 g/mol. The van der Waals surface area contributed by atoms with Crippen molar-refractivity contribution in [1.82, 2.24) is 14.4 Å². The molecule has 5 nitrogen and oxygen atoms in total. The molecule has 1 aromatic carbocycles. The molecule has 0 aliphatic heterocycles. The summed E-state index contributed by atoms with van der Waals surface area (Å²) >= 11 is 0. The van der Waals surface area contributed by atoms with Gasteiger partial charge in [-0.05, 0) is 12.1 Å². The van der Waals surface area contributed by atoms with Crippen LogP contribution in [-0.4, -0.2) is 21.4 Å². The molecule has 0 radical (unpaired) electrons. The van der Waals surface area contributed by atoms with E-state index < -0.39 is 0 Å². The Balaban J connectivity index is 2.34. The van der Waals surface area contributed by atoms with Gasteiger partial charge in [-0.1, -0.05) is 32.9 Å². The molecule has 0 saturated heterocycles. The molecule has 2 aromatic heterocycles. The minimum absolute atomic E-state index is 0.0877. The topological polar surface area (TPSA) is 68.2 Å². The van der Waals surface area contributed by atoms with Crippen molar-refractivity contribution in [3.63, 3.8) is 0 Å². The summed E-state index contributed by atoms with van der Waals surface area (Å²) in [5.41, 5.74) is 9.84. The Morgan fingerprint density at radius 1 is 1.23 bits per heavy atom. The first kappa shape index (κ1) is 14.4. The second-order valence-corrected chi connectivity index (χ2v) is 6.40. The molecule has 0 aliphatic carbocycles. The Labute approximate surface area is 130 Å². The number of imidazole rings is 1. The van der Waals surface area contributed by atoms with Crippen LogP contribution in [-0.2, 0) is 5.41 Å². The van der Waals surface area contributed by atoms with Crippen molar-refractivity contribution in [3.05, 3.63) is 42.5 Å². The number of nitrogens with one attached hydrogen (secondary N) is 1. The zero-order chi connectivity index (χ0) is 15.9. The van der Waals surface area contributed by atoms with Gasteiger partial charge in [0.05, 0.1) is 0 Å². The highest BCUT2D eigenvalue weighted by Gasteiger charge is 2.24. The van der Waals surface area contributed by atoms with Crippen LogP contribution in [0.1, 0.15) is 26.6 Å². The van der Waals surface area contributed by atoms with E-state index >= 15 is 0 Å². The maximum absolute atomic E-state index is 6.13. The number of aromatic nitrogens is 3. The lowest BCUT2D eigenvalue weighted by Crippen LogP contribution is -2.16. The standard InChI is InChI=1S/C17H21N5/c1-17(2,3)16-21-13(11-6-5-7-12(10-11)19-4)14-15(18)20-8-9-22(14)16/h5-10,19H,1-4H3,(H2,18,20). The number of nitrogens with zero attached hydrogens (tertiary/aromatic N) is 3. The van der Waals surface area contributed by atoms with Gasteiger partial charge >= 0.3 is 0 Å². The van der Waals surface area contributed by atoms with E-state index in [9.17, 15) is 0 Å². The lowest BCUT2D eigenvalue weighted by Gasteiger charge is -2.16. The van der Waals surface area contributed by atoms with Crippen molar-refractivity contribution in [1.29, 1.82) is 0 Å². The van der Waals surface area contributed by atoms with E-state index in [4.69, 9.17) is 10.7 Å². The molecule has 0 bridgehead atoms. The first-order chi connectivity index (χ1) is 10.4. The Morgan fingerprint density at radius 2 is 2.00 bits per heavy atom. The Kier molecular flexibility index (Phi) is 3.28. The normalized spacial score (nSPS) is 11.8. The highest BCUT2D eigenvalue weighted by molar-refractivity contribution is 5.86. The van der Waals surface area contributed by atoms with Gasteiger partial charge in [0.25, 0.3) is 0 Å². The molecule has 5 heteroatoms. The number of fused-ring (bicyclic) bond motifs is 1. The third-order valence-electron chi connectivity index (χ3n) is 3.68. The van der Waals surface area contributed by atoms with Gasteiger partial charge in [0, 0.05) is 36.1 Å². The minimum Gasteiger partial charge on any atom is -0.388 e. The number of hydrogen-bond acceptors (Lipinski definition) is 4. The average Bonchev–Trinajstić information content (AvgIpc) is 2.88. The second kappa shape index (κ2) is 5.02. The number of rotatable bonds is 2. The number of benzene rings is 1. The van der Waals surface area contributed by atoms with Crippen LogP contribution in [0, 0.1) is 0 Å².